The van der Waals surface area contributed by atoms with Gasteiger partial charge in [0, 0.05) is 40.7 Å². The molecule has 0 saturated carbocycles. The number of aromatic amines is 1. The Morgan fingerprint density at radius 1 is 1.13 bits per heavy atom. The fourth-order valence-electron chi connectivity index (χ4n) is 4.74. The maximum atomic E-state index is 12.9. The smallest absolute Gasteiger partial charge is 0.324 e. The number of hydrogen-bond acceptors (Lipinski definition) is 6. The van der Waals surface area contributed by atoms with Crippen molar-refractivity contribution in [1.82, 2.24) is 15.5 Å². The number of nitrogens with zero attached hydrogens (tertiary/aromatic N) is 1. The molecule has 39 heavy (non-hydrogen) atoms. The molecule has 4 amide bonds. The van der Waals surface area contributed by atoms with Gasteiger partial charge in [0.25, 0.3) is 5.91 Å². The summed E-state index contributed by atoms with van der Waals surface area (Å²) in [6, 6.07) is 6.41. The van der Waals surface area contributed by atoms with Gasteiger partial charge in [-0.3, -0.25) is 14.9 Å². The van der Waals surface area contributed by atoms with Gasteiger partial charge in [-0.2, -0.15) is 0 Å². The largest absolute Gasteiger partial charge is 0.359 e. The van der Waals surface area contributed by atoms with E-state index in [1.807, 2.05) is 34.6 Å². The lowest BCUT2D eigenvalue weighted by atomic mass is 9.93. The molecule has 2 aliphatic rings. The molecule has 2 aliphatic heterocycles. The van der Waals surface area contributed by atoms with Crippen molar-refractivity contribution in [2.24, 2.45) is 5.92 Å². The zero-order valence-electron chi connectivity index (χ0n) is 22.7. The molecular weight excluding hydrogens is 498 g/mol. The number of hydrogen-bond donors (Lipinski definition) is 6. The monoisotopic (exact) mass is 531 g/mol. The van der Waals surface area contributed by atoms with Gasteiger partial charge in [-0.1, -0.05) is 32.0 Å². The number of carbonyl (C=O) groups excluding carboxylic acids is 3. The van der Waals surface area contributed by atoms with E-state index in [-0.39, 0.29) is 23.1 Å². The van der Waals surface area contributed by atoms with Crippen LogP contribution in [0.3, 0.4) is 0 Å². The van der Waals surface area contributed by atoms with Crippen molar-refractivity contribution in [3.63, 3.8) is 0 Å². The van der Waals surface area contributed by atoms with Crippen LogP contribution in [0, 0.1) is 19.8 Å². The predicted molar refractivity (Wildman–Crippen MR) is 151 cm³/mol. The maximum Gasteiger partial charge on any atom is 0.324 e. The fraction of sp³-hybridized carbons (Fsp3) is 0.357. The van der Waals surface area contributed by atoms with Crippen molar-refractivity contribution in [2.75, 3.05) is 34.4 Å². The summed E-state index contributed by atoms with van der Waals surface area (Å²) in [6.07, 6.45) is 2.60. The predicted octanol–water partition coefficient (Wildman–Crippen LogP) is 4.60. The Morgan fingerprint density at radius 3 is 2.62 bits per heavy atom. The third kappa shape index (κ3) is 5.44. The van der Waals surface area contributed by atoms with E-state index in [9.17, 15) is 14.4 Å². The van der Waals surface area contributed by atoms with Crippen molar-refractivity contribution in [2.45, 2.75) is 46.5 Å². The number of H-pyrrole nitrogens is 1. The van der Waals surface area contributed by atoms with Gasteiger partial charge in [0.05, 0.1) is 22.9 Å². The summed E-state index contributed by atoms with van der Waals surface area (Å²) in [5.41, 5.74) is 5.23. The van der Waals surface area contributed by atoms with E-state index in [1.165, 1.54) is 0 Å². The Morgan fingerprint density at radius 2 is 1.92 bits per heavy atom. The lowest BCUT2D eigenvalue weighted by molar-refractivity contribution is -0.119. The van der Waals surface area contributed by atoms with Gasteiger partial charge >= 0.3 is 6.03 Å². The highest BCUT2D eigenvalue weighted by atomic mass is 16.5. The summed E-state index contributed by atoms with van der Waals surface area (Å²) in [7, 11) is 0. The number of carbonyl (C=O) groups is 3. The molecular formula is C28H33N7O4. The summed E-state index contributed by atoms with van der Waals surface area (Å²) in [6.45, 7) is 11.3. The van der Waals surface area contributed by atoms with Crippen LogP contribution in [0.15, 0.2) is 28.8 Å². The normalized spacial score (nSPS) is 17.7. The second-order valence-corrected chi connectivity index (χ2v) is 11.0. The van der Waals surface area contributed by atoms with Crippen LogP contribution in [0.5, 0.6) is 0 Å². The van der Waals surface area contributed by atoms with Crippen LogP contribution in [0.1, 0.15) is 55.5 Å². The van der Waals surface area contributed by atoms with Crippen LogP contribution < -0.4 is 26.6 Å². The van der Waals surface area contributed by atoms with E-state index in [4.69, 9.17) is 4.52 Å². The van der Waals surface area contributed by atoms with E-state index in [0.29, 0.717) is 40.6 Å². The zero-order valence-corrected chi connectivity index (χ0v) is 22.7. The third-order valence-corrected chi connectivity index (χ3v) is 7.00. The average Bonchev–Trinajstić information content (AvgIpc) is 3.65. The third-order valence-electron chi connectivity index (χ3n) is 7.00. The molecule has 11 heteroatoms. The first-order valence-corrected chi connectivity index (χ1v) is 12.9. The van der Waals surface area contributed by atoms with E-state index < -0.39 is 6.03 Å². The molecule has 0 unspecified atom stereocenters. The molecule has 0 radical (unpaired) electrons. The fourth-order valence-corrected chi connectivity index (χ4v) is 4.74. The highest BCUT2D eigenvalue weighted by molar-refractivity contribution is 6.35. The first-order chi connectivity index (χ1) is 18.5. The minimum Gasteiger partial charge on any atom is -0.359 e. The molecule has 3 aromatic rings. The van der Waals surface area contributed by atoms with Crippen LogP contribution in [0.25, 0.3) is 11.6 Å². The van der Waals surface area contributed by atoms with Crippen LogP contribution in [-0.4, -0.2) is 41.1 Å². The van der Waals surface area contributed by atoms with E-state index in [2.05, 4.69) is 36.7 Å². The molecule has 6 N–H and O–H groups in total. The van der Waals surface area contributed by atoms with Gasteiger partial charge in [-0.25, -0.2) is 4.79 Å². The topological polar surface area (TPSA) is 153 Å². The summed E-state index contributed by atoms with van der Waals surface area (Å²) in [4.78, 5) is 41.3. The Balaban J connectivity index is 1.30. The quantitative estimate of drug-likeness (QED) is 0.265. The van der Waals surface area contributed by atoms with Gasteiger partial charge in [-0.15, -0.1) is 0 Å². The summed E-state index contributed by atoms with van der Waals surface area (Å²) in [5, 5.41) is 18.4. The number of aryl methyl sites for hydroxylation is 1. The second kappa shape index (κ2) is 10.1. The van der Waals surface area contributed by atoms with E-state index in [1.54, 1.807) is 30.3 Å². The minimum absolute atomic E-state index is 0.00406. The molecule has 2 aromatic heterocycles. The van der Waals surface area contributed by atoms with Crippen LogP contribution >= 0.6 is 0 Å². The van der Waals surface area contributed by atoms with Crippen molar-refractivity contribution in [1.29, 1.82) is 0 Å². The van der Waals surface area contributed by atoms with Crippen molar-refractivity contribution in [3.05, 3.63) is 52.5 Å². The molecule has 0 aliphatic carbocycles. The first-order valence-electron chi connectivity index (χ1n) is 12.9. The molecule has 204 valence electrons. The van der Waals surface area contributed by atoms with Crippen LogP contribution in [0.4, 0.5) is 27.7 Å². The molecule has 0 bridgehead atoms. The maximum absolute atomic E-state index is 12.9. The number of anilines is 4. The summed E-state index contributed by atoms with van der Waals surface area (Å²) >= 11 is 0. The summed E-state index contributed by atoms with van der Waals surface area (Å²) in [5.74, 6) is 0.665. The highest BCUT2D eigenvalue weighted by Crippen LogP contribution is 2.36. The number of aromatic nitrogens is 2. The van der Waals surface area contributed by atoms with Gasteiger partial charge in [0.15, 0.2) is 5.82 Å². The minimum atomic E-state index is -0.482. The Hall–Kier alpha value is -4.38. The molecule has 1 fully saturated rings. The van der Waals surface area contributed by atoms with Gasteiger partial charge in [-0.05, 0) is 50.6 Å². The number of amides is 4. The van der Waals surface area contributed by atoms with Crippen molar-refractivity contribution in [3.8, 4) is 0 Å². The zero-order chi connectivity index (χ0) is 27.9. The SMILES string of the molecule is Cc1[nH]c(/C=C2\C(=O)Nc3cc(NC(=O)Nc4cc(C(C)(C)C)on4)ccc32)c(C)c1NC(=O)[C@H]1CCNC1. The van der Waals surface area contributed by atoms with Gasteiger partial charge in [0.1, 0.15) is 5.76 Å². The Bertz CT molecular complexity index is 1490. The summed E-state index contributed by atoms with van der Waals surface area (Å²) < 4.78 is 5.30. The molecule has 0 spiro atoms. The molecule has 1 atom stereocenters. The molecule has 4 heterocycles. The second-order valence-electron chi connectivity index (χ2n) is 11.0. The lowest BCUT2D eigenvalue weighted by Gasteiger charge is -2.12. The van der Waals surface area contributed by atoms with Gasteiger partial charge < -0.3 is 30.8 Å². The number of urea groups is 1. The van der Waals surface area contributed by atoms with Crippen molar-refractivity contribution < 1.29 is 18.9 Å². The van der Waals surface area contributed by atoms with E-state index >= 15 is 0 Å². The van der Waals surface area contributed by atoms with Crippen LogP contribution in [0.2, 0.25) is 0 Å². The number of nitrogens with one attached hydrogen (secondary N) is 6. The average molecular weight is 532 g/mol. The van der Waals surface area contributed by atoms with E-state index in [0.717, 1.165) is 35.6 Å². The molecule has 1 saturated heterocycles. The molecule has 11 nitrogen and oxygen atoms in total. The Labute approximate surface area is 226 Å². The van der Waals surface area contributed by atoms with Crippen molar-refractivity contribution >= 4 is 52.4 Å². The Kier molecular flexibility index (Phi) is 6.77. The molecule has 1 aromatic carbocycles. The number of rotatable bonds is 5. The van der Waals surface area contributed by atoms with Gasteiger partial charge in [0.2, 0.25) is 5.91 Å². The lowest BCUT2D eigenvalue weighted by Crippen LogP contribution is -2.25. The number of fused-ring (bicyclic) bond motifs is 1. The molecule has 5 rings (SSSR count). The number of benzene rings is 1. The first kappa shape index (κ1) is 26.2. The highest BCUT2D eigenvalue weighted by Gasteiger charge is 2.27. The van der Waals surface area contributed by atoms with Crippen LogP contribution in [-0.2, 0) is 15.0 Å². The standard InChI is InChI=1S/C28H33N7O4/c1-14-20(30-15(2)24(14)34-25(36)16-8-9-29-13-16)11-19-18-7-6-17(10-21(18)32-26(19)37)31-27(38)33-23-12-22(39-35-23)28(3,4)5/h6-7,10-12,16,29-30H,8-9,13H2,1-5H3,(H,32,37)(H,34,36)(H2,31,33,35,38)/b19-11-/t16-/m0/s1.